The van der Waals surface area contributed by atoms with E-state index in [2.05, 4.69) is 10.6 Å². The average molecular weight is 289 g/mol. The molecule has 0 aliphatic heterocycles. The molecule has 0 aromatic heterocycles. The van der Waals surface area contributed by atoms with Crippen molar-refractivity contribution in [1.82, 2.24) is 10.6 Å². The molecule has 5 nitrogen and oxygen atoms in total. The fraction of sp³-hybridized carbons (Fsp3) is 0.500. The lowest BCUT2D eigenvalue weighted by Crippen LogP contribution is -2.29. The predicted octanol–water partition coefficient (Wildman–Crippen LogP) is 0.976. The van der Waals surface area contributed by atoms with E-state index < -0.39 is 0 Å². The van der Waals surface area contributed by atoms with Crippen LogP contribution in [0.3, 0.4) is 0 Å². The molecule has 0 radical (unpaired) electrons. The highest BCUT2D eigenvalue weighted by atomic mass is 16.2. The highest BCUT2D eigenvalue weighted by Gasteiger charge is 2.22. The van der Waals surface area contributed by atoms with Gasteiger partial charge in [0.2, 0.25) is 5.91 Å². The fourth-order valence-corrected chi connectivity index (χ4v) is 2.19. The van der Waals surface area contributed by atoms with E-state index in [1.165, 1.54) is 0 Å². The Hall–Kier alpha value is -1.88. The predicted molar refractivity (Wildman–Crippen MR) is 81.9 cm³/mol. The fourth-order valence-electron chi connectivity index (χ4n) is 2.19. The van der Waals surface area contributed by atoms with Gasteiger partial charge in [0, 0.05) is 24.6 Å². The van der Waals surface area contributed by atoms with E-state index in [9.17, 15) is 9.59 Å². The third-order valence-electron chi connectivity index (χ3n) is 3.48. The largest absolute Gasteiger partial charge is 0.353 e. The number of carbonyl (C=O) groups excluding carboxylic acids is 2. The van der Waals surface area contributed by atoms with Crippen molar-refractivity contribution >= 4 is 11.8 Å². The summed E-state index contributed by atoms with van der Waals surface area (Å²) in [4.78, 5) is 23.6. The van der Waals surface area contributed by atoms with Gasteiger partial charge in [-0.3, -0.25) is 9.59 Å². The molecule has 1 aromatic rings. The van der Waals surface area contributed by atoms with Crippen LogP contribution in [0, 0.1) is 0 Å². The standard InChI is InChI=1S/C16H23N3O2/c17-10-9-12-4-1-2-5-14(12)16(21)18-11-3-6-15(20)19-13-7-8-13/h1-2,4-5,13H,3,6-11,17H2,(H,18,21)(H,19,20). The monoisotopic (exact) mass is 289 g/mol. The maximum Gasteiger partial charge on any atom is 0.251 e. The van der Waals surface area contributed by atoms with E-state index in [0.29, 0.717) is 44.0 Å². The minimum atomic E-state index is -0.0957. The zero-order chi connectivity index (χ0) is 15.1. The maximum absolute atomic E-state index is 12.1. The van der Waals surface area contributed by atoms with Crippen LogP contribution in [0.1, 0.15) is 41.6 Å². The summed E-state index contributed by atoms with van der Waals surface area (Å²) in [6, 6.07) is 7.88. The van der Waals surface area contributed by atoms with Gasteiger partial charge in [-0.25, -0.2) is 0 Å². The van der Waals surface area contributed by atoms with E-state index in [-0.39, 0.29) is 11.8 Å². The second-order valence-corrected chi connectivity index (χ2v) is 5.40. The van der Waals surface area contributed by atoms with Gasteiger partial charge in [0.25, 0.3) is 5.91 Å². The number of carbonyl (C=O) groups is 2. The molecule has 0 atom stereocenters. The normalized spacial score (nSPS) is 13.8. The molecule has 0 bridgehead atoms. The third kappa shape index (κ3) is 5.19. The molecule has 0 spiro atoms. The summed E-state index contributed by atoms with van der Waals surface area (Å²) in [7, 11) is 0. The van der Waals surface area contributed by atoms with Crippen molar-refractivity contribution in [3.8, 4) is 0 Å². The molecule has 0 unspecified atom stereocenters. The first-order valence-corrected chi connectivity index (χ1v) is 7.56. The van der Waals surface area contributed by atoms with Crippen LogP contribution >= 0.6 is 0 Å². The van der Waals surface area contributed by atoms with Gasteiger partial charge in [0.05, 0.1) is 0 Å². The van der Waals surface area contributed by atoms with Crippen LogP contribution in [-0.2, 0) is 11.2 Å². The van der Waals surface area contributed by atoms with Crippen LogP contribution in [0.2, 0.25) is 0 Å². The minimum absolute atomic E-state index is 0.0790. The van der Waals surface area contributed by atoms with Crippen LogP contribution in [0.4, 0.5) is 0 Å². The molecule has 114 valence electrons. The Bertz CT molecular complexity index is 498. The Morgan fingerprint density at radius 3 is 2.71 bits per heavy atom. The molecule has 1 saturated carbocycles. The number of hydrogen-bond acceptors (Lipinski definition) is 3. The molecule has 5 heteroatoms. The number of benzene rings is 1. The molecule has 0 heterocycles. The summed E-state index contributed by atoms with van der Waals surface area (Å²) in [6.45, 7) is 1.03. The van der Waals surface area contributed by atoms with Crippen molar-refractivity contribution < 1.29 is 9.59 Å². The summed E-state index contributed by atoms with van der Waals surface area (Å²) >= 11 is 0. The molecule has 2 rings (SSSR count). The first kappa shape index (κ1) is 15.5. The van der Waals surface area contributed by atoms with Crippen LogP contribution in [-0.4, -0.2) is 30.9 Å². The molecule has 1 fully saturated rings. The first-order chi connectivity index (χ1) is 10.2. The Morgan fingerprint density at radius 1 is 1.24 bits per heavy atom. The van der Waals surface area contributed by atoms with E-state index in [4.69, 9.17) is 5.73 Å². The lowest BCUT2D eigenvalue weighted by atomic mass is 10.0. The average Bonchev–Trinajstić information content (AvgIpc) is 3.28. The quantitative estimate of drug-likeness (QED) is 0.624. The second-order valence-electron chi connectivity index (χ2n) is 5.40. The lowest BCUT2D eigenvalue weighted by Gasteiger charge is -2.09. The van der Waals surface area contributed by atoms with Gasteiger partial charge in [0.15, 0.2) is 0 Å². The summed E-state index contributed by atoms with van der Waals surface area (Å²) < 4.78 is 0. The van der Waals surface area contributed by atoms with Gasteiger partial charge in [-0.1, -0.05) is 18.2 Å². The zero-order valence-corrected chi connectivity index (χ0v) is 12.2. The molecular formula is C16H23N3O2. The Balaban J connectivity index is 1.72. The van der Waals surface area contributed by atoms with Crippen molar-refractivity contribution in [1.29, 1.82) is 0 Å². The highest BCUT2D eigenvalue weighted by Crippen LogP contribution is 2.18. The smallest absolute Gasteiger partial charge is 0.251 e. The van der Waals surface area contributed by atoms with E-state index in [1.54, 1.807) is 6.07 Å². The zero-order valence-electron chi connectivity index (χ0n) is 12.2. The van der Waals surface area contributed by atoms with Crippen molar-refractivity contribution in [3.05, 3.63) is 35.4 Å². The highest BCUT2D eigenvalue weighted by molar-refractivity contribution is 5.95. The molecule has 21 heavy (non-hydrogen) atoms. The van der Waals surface area contributed by atoms with Gasteiger partial charge in [0.1, 0.15) is 0 Å². The van der Waals surface area contributed by atoms with Crippen LogP contribution < -0.4 is 16.4 Å². The molecule has 1 aliphatic carbocycles. The van der Waals surface area contributed by atoms with Gasteiger partial charge >= 0.3 is 0 Å². The number of rotatable bonds is 8. The van der Waals surface area contributed by atoms with Gasteiger partial charge < -0.3 is 16.4 Å². The summed E-state index contributed by atoms with van der Waals surface area (Å²) in [5, 5.41) is 5.80. The molecule has 2 amide bonds. The van der Waals surface area contributed by atoms with Crippen molar-refractivity contribution in [2.45, 2.75) is 38.1 Å². The van der Waals surface area contributed by atoms with Crippen LogP contribution in [0.5, 0.6) is 0 Å². The molecule has 1 aromatic carbocycles. The summed E-state index contributed by atoms with van der Waals surface area (Å²) in [5.41, 5.74) is 7.19. The SMILES string of the molecule is NCCc1ccccc1C(=O)NCCCC(=O)NC1CC1. The topological polar surface area (TPSA) is 84.2 Å². The minimum Gasteiger partial charge on any atom is -0.353 e. The summed E-state index contributed by atoms with van der Waals surface area (Å²) in [5.74, 6) is -0.0167. The van der Waals surface area contributed by atoms with Gasteiger partial charge in [-0.15, -0.1) is 0 Å². The van der Waals surface area contributed by atoms with Crippen molar-refractivity contribution in [2.75, 3.05) is 13.1 Å². The van der Waals surface area contributed by atoms with E-state index in [0.717, 1.165) is 18.4 Å². The number of hydrogen-bond donors (Lipinski definition) is 3. The van der Waals surface area contributed by atoms with Crippen LogP contribution in [0.25, 0.3) is 0 Å². The Morgan fingerprint density at radius 2 is 2.00 bits per heavy atom. The summed E-state index contributed by atoms with van der Waals surface area (Å²) in [6.07, 6.45) is 4.00. The van der Waals surface area contributed by atoms with Crippen molar-refractivity contribution in [2.24, 2.45) is 5.73 Å². The number of nitrogens with two attached hydrogens (primary N) is 1. The number of amides is 2. The first-order valence-electron chi connectivity index (χ1n) is 7.56. The van der Waals surface area contributed by atoms with Crippen molar-refractivity contribution in [3.63, 3.8) is 0 Å². The number of nitrogens with one attached hydrogen (secondary N) is 2. The Kier molecular flexibility index (Phi) is 5.75. The molecular weight excluding hydrogens is 266 g/mol. The van der Waals surface area contributed by atoms with E-state index >= 15 is 0 Å². The third-order valence-corrected chi connectivity index (χ3v) is 3.48. The molecule has 0 saturated heterocycles. The Labute approximate surface area is 125 Å². The second kappa shape index (κ2) is 7.78. The lowest BCUT2D eigenvalue weighted by molar-refractivity contribution is -0.121. The molecule has 4 N–H and O–H groups in total. The maximum atomic E-state index is 12.1. The van der Waals surface area contributed by atoms with Gasteiger partial charge in [-0.05, 0) is 43.9 Å². The van der Waals surface area contributed by atoms with Crippen LogP contribution in [0.15, 0.2) is 24.3 Å². The van der Waals surface area contributed by atoms with Gasteiger partial charge in [-0.2, -0.15) is 0 Å². The van der Waals surface area contributed by atoms with E-state index in [1.807, 2.05) is 18.2 Å². The molecule has 1 aliphatic rings.